The molecule has 0 aliphatic carbocycles. The summed E-state index contributed by atoms with van der Waals surface area (Å²) in [6, 6.07) is 0. The van der Waals surface area contributed by atoms with Gasteiger partial charge in [0.05, 0.1) is 0 Å². The first-order valence-corrected chi connectivity index (χ1v) is 1.06. The molecule has 0 bridgehead atoms. The summed E-state index contributed by atoms with van der Waals surface area (Å²) in [5.41, 5.74) is 0. The predicted octanol–water partition coefficient (Wildman–Crippen LogP) is 0.275. The zero-order valence-corrected chi connectivity index (χ0v) is 2.52. The van der Waals surface area contributed by atoms with Crippen LogP contribution in [0.25, 0.3) is 0 Å². The fourth-order valence-corrected chi connectivity index (χ4v) is 0. The second-order valence-corrected chi connectivity index (χ2v) is 0.387. The van der Waals surface area contributed by atoms with Gasteiger partial charge in [-0.1, -0.05) is 0 Å². The van der Waals surface area contributed by atoms with Crippen molar-refractivity contribution in [2.45, 2.75) is 6.92 Å². The number of nitrogens with one attached hydrogen (secondary N) is 1. The van der Waals surface area contributed by atoms with Crippen molar-refractivity contribution >= 4 is 6.21 Å². The van der Waals surface area contributed by atoms with Gasteiger partial charge in [-0.2, -0.15) is 5.10 Å². The first-order chi connectivity index (χ1) is 1.91. The molecule has 0 aromatic rings. The van der Waals surface area contributed by atoms with Crippen LogP contribution in [-0.2, 0) is 0 Å². The molecule has 0 saturated carbocycles. The molecule has 1 N–H and O–H groups in total. The molecule has 0 aromatic carbocycles. The zero-order chi connectivity index (χ0) is 3.41. The fourth-order valence-electron chi connectivity index (χ4n) is 0. The maximum atomic E-state index is 6.02. The topological polar surface area (TPSA) is 36.2 Å². The van der Waals surface area contributed by atoms with Gasteiger partial charge in [0.25, 0.3) is 0 Å². The molecule has 0 heterocycles. The van der Waals surface area contributed by atoms with Gasteiger partial charge in [-0.25, -0.2) is 5.84 Å². The fraction of sp³-hybridized carbons (Fsp3) is 0.500. The average Bonchev–Trinajstić information content (AvgIpc) is 1.37. The van der Waals surface area contributed by atoms with Gasteiger partial charge in [-0.3, -0.25) is 0 Å². The summed E-state index contributed by atoms with van der Waals surface area (Å²) >= 11 is 0. The summed E-state index contributed by atoms with van der Waals surface area (Å²) in [6.07, 6.45) is 1.42. The lowest BCUT2D eigenvalue weighted by Crippen LogP contribution is -1.53. The van der Waals surface area contributed by atoms with Crippen molar-refractivity contribution in [1.29, 1.82) is 0 Å². The highest BCUT2D eigenvalue weighted by molar-refractivity contribution is 5.52. The molecule has 1 radical (unpaired) electrons. The number of hydrogen-bond donors (Lipinski definition) is 0. The molecule has 0 amide bonds. The maximum absolute atomic E-state index is 6.02. The van der Waals surface area contributed by atoms with Crippen LogP contribution in [0.5, 0.6) is 0 Å². The van der Waals surface area contributed by atoms with Gasteiger partial charge < -0.3 is 0 Å². The molecule has 0 saturated heterocycles. The van der Waals surface area contributed by atoms with E-state index in [2.05, 4.69) is 5.10 Å². The normalized spacial score (nSPS) is 9.25. The third-order valence-corrected chi connectivity index (χ3v) is 0.129. The van der Waals surface area contributed by atoms with E-state index in [9.17, 15) is 0 Å². The van der Waals surface area contributed by atoms with Gasteiger partial charge >= 0.3 is 0 Å². The van der Waals surface area contributed by atoms with Crippen molar-refractivity contribution in [1.82, 2.24) is 5.84 Å². The van der Waals surface area contributed by atoms with E-state index in [-0.39, 0.29) is 0 Å². The van der Waals surface area contributed by atoms with Gasteiger partial charge in [0.2, 0.25) is 0 Å². The van der Waals surface area contributed by atoms with Gasteiger partial charge in [0.1, 0.15) is 0 Å². The zero-order valence-electron chi connectivity index (χ0n) is 2.52. The molecule has 4 heavy (non-hydrogen) atoms. The van der Waals surface area contributed by atoms with Crippen LogP contribution in [0.15, 0.2) is 5.10 Å². The highest BCUT2D eigenvalue weighted by Crippen LogP contribution is 1.35. The van der Waals surface area contributed by atoms with Gasteiger partial charge in [-0.15, -0.1) is 0 Å². The Hall–Kier alpha value is -0.530. The first kappa shape index (κ1) is 3.47. The minimum Gasteiger partial charge on any atom is -0.205 e. The molecule has 0 fully saturated rings. The van der Waals surface area contributed by atoms with E-state index in [1.54, 1.807) is 6.92 Å². The van der Waals surface area contributed by atoms with Crippen molar-refractivity contribution in [3.05, 3.63) is 0 Å². The summed E-state index contributed by atoms with van der Waals surface area (Å²) in [5.74, 6) is 6.02. The average molecular weight is 57.1 g/mol. The Kier molecular flexibility index (Phi) is 2.14. The summed E-state index contributed by atoms with van der Waals surface area (Å²) in [6.45, 7) is 1.70. The van der Waals surface area contributed by atoms with Crippen molar-refractivity contribution in [2.75, 3.05) is 0 Å². The molecule has 0 aliphatic rings. The van der Waals surface area contributed by atoms with E-state index < -0.39 is 0 Å². The van der Waals surface area contributed by atoms with Crippen LogP contribution in [0.2, 0.25) is 0 Å². The molecule has 0 aliphatic heterocycles. The first-order valence-electron chi connectivity index (χ1n) is 1.06. The predicted molar refractivity (Wildman–Crippen MR) is 17.3 cm³/mol. The molecule has 0 rings (SSSR count). The van der Waals surface area contributed by atoms with E-state index in [0.29, 0.717) is 0 Å². The van der Waals surface area contributed by atoms with Crippen molar-refractivity contribution in [3.63, 3.8) is 0 Å². The quantitative estimate of drug-likeness (QED) is 0.283. The molecule has 2 heteroatoms. The standard InChI is InChI=1S/C2H5N2/c1-2-4-3/h2-3H,1H3. The Morgan fingerprint density at radius 1 is 2.00 bits per heavy atom. The summed E-state index contributed by atoms with van der Waals surface area (Å²) in [4.78, 5) is 0. The van der Waals surface area contributed by atoms with Gasteiger partial charge in [0, 0.05) is 6.21 Å². The van der Waals surface area contributed by atoms with Crippen molar-refractivity contribution < 1.29 is 0 Å². The Balaban J connectivity index is 2.55. The Morgan fingerprint density at radius 2 is 2.25 bits per heavy atom. The third kappa shape index (κ3) is 1.47. The maximum Gasteiger partial charge on any atom is 0.0232 e. The number of rotatable bonds is 0. The SMILES string of the molecule is CC=N[NH]. The number of nitrogens with zero attached hydrogens (tertiary/aromatic N) is 1. The monoisotopic (exact) mass is 57.0 g/mol. The van der Waals surface area contributed by atoms with Gasteiger partial charge in [-0.05, 0) is 6.92 Å². The Morgan fingerprint density at radius 3 is 2.25 bits per heavy atom. The lowest BCUT2D eigenvalue weighted by atomic mass is 10.9. The van der Waals surface area contributed by atoms with Crippen LogP contribution >= 0.6 is 0 Å². The molecule has 0 spiro atoms. The van der Waals surface area contributed by atoms with Crippen LogP contribution in [0.4, 0.5) is 0 Å². The third-order valence-electron chi connectivity index (χ3n) is 0.129. The summed E-state index contributed by atoms with van der Waals surface area (Å²) in [5, 5.41) is 2.86. The van der Waals surface area contributed by atoms with Crippen molar-refractivity contribution in [3.8, 4) is 0 Å². The van der Waals surface area contributed by atoms with E-state index in [4.69, 9.17) is 5.84 Å². The van der Waals surface area contributed by atoms with E-state index in [1.807, 2.05) is 0 Å². The Bertz CT molecular complexity index is 19.2. The van der Waals surface area contributed by atoms with E-state index >= 15 is 0 Å². The van der Waals surface area contributed by atoms with Crippen LogP contribution in [0, 0.1) is 0 Å². The second-order valence-electron chi connectivity index (χ2n) is 0.387. The molecule has 23 valence electrons. The molecule has 0 unspecified atom stereocenters. The van der Waals surface area contributed by atoms with Crippen LogP contribution in [0.3, 0.4) is 0 Å². The molecule has 0 atom stereocenters. The van der Waals surface area contributed by atoms with Crippen LogP contribution < -0.4 is 5.84 Å². The highest BCUT2D eigenvalue weighted by atomic mass is 15.1. The van der Waals surface area contributed by atoms with E-state index in [0.717, 1.165) is 0 Å². The summed E-state index contributed by atoms with van der Waals surface area (Å²) < 4.78 is 0. The van der Waals surface area contributed by atoms with Gasteiger partial charge in [0.15, 0.2) is 0 Å². The van der Waals surface area contributed by atoms with Crippen LogP contribution in [-0.4, -0.2) is 6.21 Å². The molecule has 0 aromatic heterocycles. The van der Waals surface area contributed by atoms with E-state index in [1.165, 1.54) is 6.21 Å². The molecule has 2 nitrogen and oxygen atoms in total. The largest absolute Gasteiger partial charge is 0.205 e. The molecular formula is C2H5N2. The van der Waals surface area contributed by atoms with Crippen molar-refractivity contribution in [2.24, 2.45) is 5.10 Å². The minimum absolute atomic E-state index is 1.42. The van der Waals surface area contributed by atoms with Crippen LogP contribution in [0.1, 0.15) is 6.92 Å². The number of hydrogen-bond acceptors (Lipinski definition) is 1. The second kappa shape index (κ2) is 2.47. The minimum atomic E-state index is 1.42. The molecular weight excluding hydrogens is 52.0 g/mol. The summed E-state index contributed by atoms with van der Waals surface area (Å²) in [7, 11) is 0. The smallest absolute Gasteiger partial charge is 0.0232 e. The lowest BCUT2D eigenvalue weighted by molar-refractivity contribution is 1.20. The highest BCUT2D eigenvalue weighted by Gasteiger charge is 1.34. The Labute approximate surface area is 25.3 Å². The lowest BCUT2D eigenvalue weighted by Gasteiger charge is -1.51.